The predicted octanol–water partition coefficient (Wildman–Crippen LogP) is 4.92. The summed E-state index contributed by atoms with van der Waals surface area (Å²) in [6, 6.07) is 18.1. The van der Waals surface area contributed by atoms with Crippen molar-refractivity contribution in [1.29, 1.82) is 0 Å². The molecule has 0 saturated heterocycles. The van der Waals surface area contributed by atoms with E-state index in [1.807, 2.05) is 19.9 Å². The van der Waals surface area contributed by atoms with Crippen LogP contribution < -0.4 is 14.8 Å². The van der Waals surface area contributed by atoms with Crippen molar-refractivity contribution in [3.63, 3.8) is 0 Å². The molecule has 3 aromatic rings. The van der Waals surface area contributed by atoms with Gasteiger partial charge in [0, 0.05) is 16.9 Å². The van der Waals surface area contributed by atoms with Crippen LogP contribution in [0, 0.1) is 13.8 Å². The Hall–Kier alpha value is -3.58. The molecule has 0 saturated carbocycles. The van der Waals surface area contributed by atoms with Crippen LogP contribution in [0.5, 0.6) is 5.75 Å². The van der Waals surface area contributed by atoms with Gasteiger partial charge in [-0.1, -0.05) is 18.7 Å². The molecule has 0 aliphatic rings. The van der Waals surface area contributed by atoms with Crippen molar-refractivity contribution in [3.8, 4) is 5.75 Å². The average molecular weight is 437 g/mol. The molecular formula is C24H24N2O4S. The van der Waals surface area contributed by atoms with Gasteiger partial charge in [0.2, 0.25) is 0 Å². The zero-order chi connectivity index (χ0) is 22.4. The summed E-state index contributed by atoms with van der Waals surface area (Å²) in [6.07, 6.45) is 1.64. The van der Waals surface area contributed by atoms with Crippen LogP contribution in [0.25, 0.3) is 0 Å². The third kappa shape index (κ3) is 5.73. The Labute approximate surface area is 182 Å². The Morgan fingerprint density at radius 3 is 2.19 bits per heavy atom. The van der Waals surface area contributed by atoms with Gasteiger partial charge in [-0.15, -0.1) is 0 Å². The Kier molecular flexibility index (Phi) is 6.77. The fourth-order valence-electron chi connectivity index (χ4n) is 2.80. The Balaban J connectivity index is 1.66. The molecule has 31 heavy (non-hydrogen) atoms. The summed E-state index contributed by atoms with van der Waals surface area (Å²) >= 11 is 0. The lowest BCUT2D eigenvalue weighted by atomic mass is 10.1. The number of benzene rings is 3. The highest BCUT2D eigenvalue weighted by atomic mass is 32.2. The number of hydrogen-bond donors (Lipinski definition) is 2. The maximum atomic E-state index is 12.6. The summed E-state index contributed by atoms with van der Waals surface area (Å²) in [5.74, 6) is 0.335. The van der Waals surface area contributed by atoms with Crippen LogP contribution in [0.3, 0.4) is 0 Å². The number of hydrogen-bond acceptors (Lipinski definition) is 4. The summed E-state index contributed by atoms with van der Waals surface area (Å²) in [5.41, 5.74) is 3.53. The first-order valence-electron chi connectivity index (χ1n) is 9.64. The molecule has 0 aromatic heterocycles. The molecule has 0 atom stereocenters. The summed E-state index contributed by atoms with van der Waals surface area (Å²) in [7, 11) is -3.74. The lowest BCUT2D eigenvalue weighted by molar-refractivity contribution is 0.102. The molecule has 0 radical (unpaired) electrons. The molecule has 6 nitrogen and oxygen atoms in total. The van der Waals surface area contributed by atoms with Gasteiger partial charge in [0.1, 0.15) is 12.4 Å². The highest BCUT2D eigenvalue weighted by molar-refractivity contribution is 7.92. The van der Waals surface area contributed by atoms with Crippen molar-refractivity contribution < 1.29 is 17.9 Å². The van der Waals surface area contributed by atoms with Crippen LogP contribution in [0.1, 0.15) is 21.5 Å². The second kappa shape index (κ2) is 9.49. The fourth-order valence-corrected chi connectivity index (χ4v) is 3.85. The highest BCUT2D eigenvalue weighted by Crippen LogP contribution is 2.21. The second-order valence-corrected chi connectivity index (χ2v) is 8.69. The van der Waals surface area contributed by atoms with Crippen LogP contribution in [-0.4, -0.2) is 20.9 Å². The van der Waals surface area contributed by atoms with Gasteiger partial charge in [0.25, 0.3) is 15.9 Å². The standard InChI is InChI=1S/C24H24N2O4S/c1-4-15-30-22-11-6-19(7-12-22)24(27)25-20-9-13-23(14-10-20)31(28,29)26-21-8-5-17(2)18(3)16-21/h4-14,16,26H,1,15H2,2-3H3,(H,25,27). The van der Waals surface area contributed by atoms with Gasteiger partial charge in [0.15, 0.2) is 0 Å². The minimum absolute atomic E-state index is 0.104. The Morgan fingerprint density at radius 1 is 0.935 bits per heavy atom. The molecule has 2 N–H and O–H groups in total. The van der Waals surface area contributed by atoms with Crippen molar-refractivity contribution in [3.05, 3.63) is 96.1 Å². The van der Waals surface area contributed by atoms with Gasteiger partial charge in [-0.2, -0.15) is 0 Å². The molecule has 0 aliphatic heterocycles. The van der Waals surface area contributed by atoms with Gasteiger partial charge in [-0.25, -0.2) is 8.42 Å². The maximum absolute atomic E-state index is 12.6. The zero-order valence-corrected chi connectivity index (χ0v) is 18.2. The normalized spacial score (nSPS) is 10.9. The van der Waals surface area contributed by atoms with E-state index in [9.17, 15) is 13.2 Å². The van der Waals surface area contributed by atoms with Crippen LogP contribution in [-0.2, 0) is 10.0 Å². The van der Waals surface area contributed by atoms with Gasteiger partial charge < -0.3 is 10.1 Å². The number of aryl methyl sites for hydroxylation is 2. The number of sulfonamides is 1. The van der Waals surface area contributed by atoms with E-state index in [1.165, 1.54) is 12.1 Å². The first-order chi connectivity index (χ1) is 14.8. The minimum Gasteiger partial charge on any atom is -0.490 e. The predicted molar refractivity (Wildman–Crippen MR) is 123 cm³/mol. The topological polar surface area (TPSA) is 84.5 Å². The van der Waals surface area contributed by atoms with Crippen LogP contribution in [0.4, 0.5) is 11.4 Å². The molecule has 0 aliphatic carbocycles. The summed E-state index contributed by atoms with van der Waals surface area (Å²) in [6.45, 7) is 7.86. The first-order valence-corrected chi connectivity index (χ1v) is 11.1. The summed E-state index contributed by atoms with van der Waals surface area (Å²) < 4.78 is 33.3. The van der Waals surface area contributed by atoms with Crippen molar-refractivity contribution in [2.45, 2.75) is 18.7 Å². The number of rotatable bonds is 8. The molecule has 3 aromatic carbocycles. The van der Waals surface area contributed by atoms with E-state index in [4.69, 9.17) is 4.74 Å². The molecule has 3 rings (SSSR count). The highest BCUT2D eigenvalue weighted by Gasteiger charge is 2.15. The Morgan fingerprint density at radius 2 is 1.58 bits per heavy atom. The molecule has 1 amide bonds. The largest absolute Gasteiger partial charge is 0.490 e. The third-order valence-electron chi connectivity index (χ3n) is 4.67. The quantitative estimate of drug-likeness (QED) is 0.491. The molecule has 0 fully saturated rings. The summed E-state index contributed by atoms with van der Waals surface area (Å²) in [4.78, 5) is 12.5. The van der Waals surface area contributed by atoms with Crippen molar-refractivity contribution in [2.24, 2.45) is 0 Å². The smallest absolute Gasteiger partial charge is 0.261 e. The molecule has 0 unspecified atom stereocenters. The van der Waals surface area contributed by atoms with Gasteiger partial charge in [-0.3, -0.25) is 9.52 Å². The van der Waals surface area contributed by atoms with Crippen LogP contribution in [0.2, 0.25) is 0 Å². The number of amides is 1. The van der Waals surface area contributed by atoms with E-state index in [0.29, 0.717) is 29.3 Å². The van der Waals surface area contributed by atoms with E-state index in [0.717, 1.165) is 11.1 Å². The Bertz CT molecular complexity index is 1190. The second-order valence-electron chi connectivity index (χ2n) is 7.01. The molecule has 0 bridgehead atoms. The third-order valence-corrected chi connectivity index (χ3v) is 6.06. The van der Waals surface area contributed by atoms with Crippen molar-refractivity contribution in [1.82, 2.24) is 0 Å². The van der Waals surface area contributed by atoms with Crippen LogP contribution >= 0.6 is 0 Å². The lowest BCUT2D eigenvalue weighted by Gasteiger charge is -2.11. The molecular weight excluding hydrogens is 412 g/mol. The number of anilines is 2. The molecule has 160 valence electrons. The number of carbonyl (C=O) groups is 1. The van der Waals surface area contributed by atoms with Gasteiger partial charge in [-0.05, 0) is 85.6 Å². The number of ether oxygens (including phenoxy) is 1. The summed E-state index contributed by atoms with van der Waals surface area (Å²) in [5, 5.41) is 2.75. The monoisotopic (exact) mass is 436 g/mol. The average Bonchev–Trinajstić information content (AvgIpc) is 2.75. The van der Waals surface area contributed by atoms with E-state index in [1.54, 1.807) is 54.6 Å². The van der Waals surface area contributed by atoms with Crippen LogP contribution in [0.15, 0.2) is 84.3 Å². The molecule has 0 heterocycles. The van der Waals surface area contributed by atoms with Gasteiger partial charge >= 0.3 is 0 Å². The molecule has 0 spiro atoms. The van der Waals surface area contributed by atoms with E-state index < -0.39 is 10.0 Å². The number of carbonyl (C=O) groups excluding carboxylic acids is 1. The van der Waals surface area contributed by atoms with E-state index >= 15 is 0 Å². The maximum Gasteiger partial charge on any atom is 0.261 e. The fraction of sp³-hybridized carbons (Fsp3) is 0.125. The SMILES string of the molecule is C=CCOc1ccc(C(=O)Nc2ccc(S(=O)(=O)Nc3ccc(C)c(C)c3)cc2)cc1. The van der Waals surface area contributed by atoms with Crippen molar-refractivity contribution in [2.75, 3.05) is 16.6 Å². The number of nitrogens with one attached hydrogen (secondary N) is 2. The van der Waals surface area contributed by atoms with E-state index in [2.05, 4.69) is 16.6 Å². The molecule has 7 heteroatoms. The van der Waals surface area contributed by atoms with E-state index in [-0.39, 0.29) is 10.8 Å². The zero-order valence-electron chi connectivity index (χ0n) is 17.4. The first kappa shape index (κ1) is 22.1. The lowest BCUT2D eigenvalue weighted by Crippen LogP contribution is -2.14. The van der Waals surface area contributed by atoms with Crippen molar-refractivity contribution >= 4 is 27.3 Å². The minimum atomic E-state index is -3.74. The van der Waals surface area contributed by atoms with Gasteiger partial charge in [0.05, 0.1) is 4.90 Å².